The maximum atomic E-state index is 16.2. The lowest BCUT2D eigenvalue weighted by molar-refractivity contribution is -0.148. The number of ketones is 1. The first-order chi connectivity index (χ1) is 21.6. The number of ether oxygens (including phenoxy) is 1. The zero-order chi connectivity index (χ0) is 32.0. The smallest absolute Gasteiger partial charge is 0.297 e. The summed E-state index contributed by atoms with van der Waals surface area (Å²) in [7, 11) is 0. The van der Waals surface area contributed by atoms with E-state index in [1.54, 1.807) is 36.4 Å². The third-order valence-electron chi connectivity index (χ3n) is 8.83. The number of carbonyl (C=O) groups excluding carboxylic acids is 2. The molecule has 1 amide bonds. The van der Waals surface area contributed by atoms with Gasteiger partial charge in [0.1, 0.15) is 5.75 Å². The van der Waals surface area contributed by atoms with E-state index in [0.717, 1.165) is 18.4 Å². The molecule has 0 radical (unpaired) electrons. The largest absolute Gasteiger partial charge is 0.493 e. The SMILES string of the molecule is NC1CCN(C(=O)C(NC(O)C(=O)c2ccc(OCC3CCCCC3)cc2)C(F)(F)c2ccc(-c3ccc(Cl)cc3)cc2)CC1. The number of nitrogens with zero attached hydrogens (tertiary/aromatic N) is 1. The summed E-state index contributed by atoms with van der Waals surface area (Å²) in [5.41, 5.74) is 7.12. The summed E-state index contributed by atoms with van der Waals surface area (Å²) < 4.78 is 38.3. The highest BCUT2D eigenvalue weighted by Crippen LogP contribution is 2.35. The molecular weight excluding hydrogens is 600 g/mol. The molecule has 2 atom stereocenters. The van der Waals surface area contributed by atoms with Gasteiger partial charge in [-0.3, -0.25) is 14.9 Å². The van der Waals surface area contributed by atoms with Crippen molar-refractivity contribution in [3.63, 3.8) is 0 Å². The molecule has 1 aliphatic heterocycles. The molecule has 5 rings (SSSR count). The minimum atomic E-state index is -3.77. The van der Waals surface area contributed by atoms with E-state index in [4.69, 9.17) is 22.1 Å². The number of Topliss-reactive ketones (excluding diaryl/α,β-unsaturated/α-hetero) is 1. The summed E-state index contributed by atoms with van der Waals surface area (Å²) >= 11 is 5.97. The first-order valence-electron chi connectivity index (χ1n) is 15.6. The zero-order valence-electron chi connectivity index (χ0n) is 25.1. The number of aliphatic hydroxyl groups is 1. The molecule has 240 valence electrons. The van der Waals surface area contributed by atoms with Gasteiger partial charge in [0.2, 0.25) is 11.7 Å². The predicted molar refractivity (Wildman–Crippen MR) is 170 cm³/mol. The summed E-state index contributed by atoms with van der Waals surface area (Å²) in [5, 5.41) is 13.7. The predicted octanol–water partition coefficient (Wildman–Crippen LogP) is 6.17. The second-order valence-electron chi connectivity index (χ2n) is 12.1. The molecule has 1 saturated heterocycles. The Labute approximate surface area is 267 Å². The normalized spacial score (nSPS) is 17.9. The van der Waals surface area contributed by atoms with Gasteiger partial charge in [-0.25, -0.2) is 0 Å². The van der Waals surface area contributed by atoms with Gasteiger partial charge in [0, 0.05) is 35.3 Å². The lowest BCUT2D eigenvalue weighted by Crippen LogP contribution is -2.60. The van der Waals surface area contributed by atoms with Crippen LogP contribution in [0.25, 0.3) is 11.1 Å². The van der Waals surface area contributed by atoms with Gasteiger partial charge in [0.15, 0.2) is 12.3 Å². The molecule has 2 unspecified atom stereocenters. The number of halogens is 3. The molecule has 0 aromatic heterocycles. The number of benzene rings is 3. The van der Waals surface area contributed by atoms with E-state index in [9.17, 15) is 14.7 Å². The van der Waals surface area contributed by atoms with Crippen molar-refractivity contribution in [3.05, 3.63) is 88.9 Å². The Morgan fingerprint density at radius 1 is 0.911 bits per heavy atom. The highest BCUT2D eigenvalue weighted by atomic mass is 35.5. The molecule has 1 saturated carbocycles. The average molecular weight is 640 g/mol. The minimum Gasteiger partial charge on any atom is -0.493 e. The highest BCUT2D eigenvalue weighted by molar-refractivity contribution is 6.30. The summed E-state index contributed by atoms with van der Waals surface area (Å²) in [6, 6.07) is 16.4. The molecule has 2 fully saturated rings. The topological polar surface area (TPSA) is 105 Å². The van der Waals surface area contributed by atoms with Crippen molar-refractivity contribution in [2.24, 2.45) is 11.7 Å². The Kier molecular flexibility index (Phi) is 10.9. The molecule has 3 aromatic rings. The van der Waals surface area contributed by atoms with Crippen molar-refractivity contribution < 1.29 is 28.2 Å². The van der Waals surface area contributed by atoms with Crippen LogP contribution in [0.2, 0.25) is 5.02 Å². The van der Waals surface area contributed by atoms with E-state index in [-0.39, 0.29) is 24.7 Å². The third kappa shape index (κ3) is 8.27. The second-order valence-corrected chi connectivity index (χ2v) is 12.5. The number of piperidine rings is 1. The molecule has 1 heterocycles. The van der Waals surface area contributed by atoms with Crippen LogP contribution in [0.4, 0.5) is 8.78 Å². The molecule has 1 aliphatic carbocycles. The van der Waals surface area contributed by atoms with Crippen molar-refractivity contribution in [3.8, 4) is 16.9 Å². The van der Waals surface area contributed by atoms with E-state index in [1.807, 2.05) is 0 Å². The van der Waals surface area contributed by atoms with E-state index in [0.29, 0.717) is 41.7 Å². The van der Waals surface area contributed by atoms with Crippen molar-refractivity contribution >= 4 is 23.3 Å². The Bertz CT molecular complexity index is 1420. The molecule has 4 N–H and O–H groups in total. The fourth-order valence-electron chi connectivity index (χ4n) is 6.00. The van der Waals surface area contributed by atoms with E-state index < -0.39 is 35.4 Å². The molecule has 2 aliphatic rings. The Balaban J connectivity index is 1.31. The number of aliphatic hydroxyl groups excluding tert-OH is 1. The average Bonchev–Trinajstić information content (AvgIpc) is 3.07. The van der Waals surface area contributed by atoms with Crippen LogP contribution in [-0.2, 0) is 10.7 Å². The molecule has 45 heavy (non-hydrogen) atoms. The van der Waals surface area contributed by atoms with Gasteiger partial charge in [-0.15, -0.1) is 0 Å². The molecule has 7 nitrogen and oxygen atoms in total. The standard InChI is InChI=1S/C35H40ClF2N3O4/c36-28-14-8-25(9-15-28)24-6-12-27(13-7-24)35(37,38)32(34(44)41-20-18-29(39)19-21-41)40-33(43)31(42)26-10-16-30(17-11-26)45-22-23-4-2-1-3-5-23/h6-17,23,29,32-33,40,43H,1-5,18-22,39H2. The van der Waals surface area contributed by atoms with Crippen LogP contribution in [0.15, 0.2) is 72.8 Å². The quantitative estimate of drug-likeness (QED) is 0.171. The van der Waals surface area contributed by atoms with Crippen LogP contribution >= 0.6 is 11.6 Å². The van der Waals surface area contributed by atoms with Crippen LogP contribution < -0.4 is 15.8 Å². The molecule has 0 spiro atoms. The van der Waals surface area contributed by atoms with Gasteiger partial charge in [-0.1, -0.05) is 67.3 Å². The van der Waals surface area contributed by atoms with Gasteiger partial charge in [-0.2, -0.15) is 8.78 Å². The highest BCUT2D eigenvalue weighted by Gasteiger charge is 2.49. The van der Waals surface area contributed by atoms with E-state index in [2.05, 4.69) is 5.32 Å². The Morgan fingerprint density at radius 2 is 1.49 bits per heavy atom. The van der Waals surface area contributed by atoms with Gasteiger partial charge < -0.3 is 20.5 Å². The van der Waals surface area contributed by atoms with Gasteiger partial charge in [0.25, 0.3) is 5.92 Å². The number of nitrogens with one attached hydrogen (secondary N) is 1. The van der Waals surface area contributed by atoms with Crippen LogP contribution in [0.5, 0.6) is 5.75 Å². The number of hydrogen-bond donors (Lipinski definition) is 3. The maximum absolute atomic E-state index is 16.2. The summed E-state index contributed by atoms with van der Waals surface area (Å²) in [6.45, 7) is 1.00. The van der Waals surface area contributed by atoms with Crippen molar-refractivity contribution in [2.75, 3.05) is 19.7 Å². The van der Waals surface area contributed by atoms with Crippen molar-refractivity contribution in [1.29, 1.82) is 0 Å². The van der Waals surface area contributed by atoms with E-state index in [1.165, 1.54) is 60.6 Å². The monoisotopic (exact) mass is 639 g/mol. The number of amides is 1. The number of hydrogen-bond acceptors (Lipinski definition) is 6. The fraction of sp³-hybridized carbons (Fsp3) is 0.429. The molecule has 10 heteroatoms. The molecular formula is C35H40ClF2N3O4. The van der Waals surface area contributed by atoms with Crippen LogP contribution in [0.3, 0.4) is 0 Å². The van der Waals surface area contributed by atoms with Crippen LogP contribution in [-0.4, -0.2) is 59.7 Å². The van der Waals surface area contributed by atoms with Gasteiger partial charge in [0.05, 0.1) is 6.61 Å². The summed E-state index contributed by atoms with van der Waals surface area (Å²) in [5.74, 6) is -4.42. The lowest BCUT2D eigenvalue weighted by Gasteiger charge is -2.36. The zero-order valence-corrected chi connectivity index (χ0v) is 25.9. The first-order valence-corrected chi connectivity index (χ1v) is 16.0. The van der Waals surface area contributed by atoms with Crippen molar-refractivity contribution in [2.45, 2.75) is 69.2 Å². The number of likely N-dealkylation sites (tertiary alicyclic amines) is 1. The fourth-order valence-corrected chi connectivity index (χ4v) is 6.13. The second kappa shape index (κ2) is 14.8. The Morgan fingerprint density at radius 3 is 2.09 bits per heavy atom. The lowest BCUT2D eigenvalue weighted by atomic mass is 9.90. The summed E-state index contributed by atoms with van der Waals surface area (Å²) in [4.78, 5) is 28.1. The molecule has 0 bridgehead atoms. The molecule has 3 aromatic carbocycles. The number of nitrogens with two attached hydrogens (primary N) is 1. The Hall–Kier alpha value is -3.37. The third-order valence-corrected chi connectivity index (χ3v) is 9.08. The first kappa shape index (κ1) is 33.0. The summed E-state index contributed by atoms with van der Waals surface area (Å²) in [6.07, 6.45) is 4.81. The van der Waals surface area contributed by atoms with Crippen LogP contribution in [0.1, 0.15) is 60.9 Å². The number of rotatable bonds is 11. The van der Waals surface area contributed by atoms with Crippen LogP contribution in [0, 0.1) is 5.92 Å². The number of alkyl halides is 2. The number of carbonyl (C=O) groups is 2. The minimum absolute atomic E-state index is 0.103. The van der Waals surface area contributed by atoms with E-state index >= 15 is 8.78 Å². The van der Waals surface area contributed by atoms with Gasteiger partial charge in [-0.05, 0) is 79.1 Å². The maximum Gasteiger partial charge on any atom is 0.297 e. The van der Waals surface area contributed by atoms with Crippen molar-refractivity contribution in [1.82, 2.24) is 10.2 Å². The van der Waals surface area contributed by atoms with Gasteiger partial charge >= 0.3 is 0 Å².